The second-order valence-corrected chi connectivity index (χ2v) is 6.19. The summed E-state index contributed by atoms with van der Waals surface area (Å²) in [6.07, 6.45) is 0. The van der Waals surface area contributed by atoms with E-state index in [9.17, 15) is 9.59 Å². The number of hydrogen-bond donors (Lipinski definition) is 1. The standard InChI is InChI=1S/C18H18ClN3O2/c1-12(13-7-9-14(19)10-8-13)20-17(23)11-22-16-6-4-3-5-15(16)21(2)18(22)24/h3-10,12H,11H2,1-2H3,(H,20,23)/t12-/m1/s1. The number of hydrogen-bond acceptors (Lipinski definition) is 2. The van der Waals surface area contributed by atoms with Gasteiger partial charge in [0, 0.05) is 12.1 Å². The number of halogens is 1. The van der Waals surface area contributed by atoms with Gasteiger partial charge < -0.3 is 5.32 Å². The van der Waals surface area contributed by atoms with Crippen LogP contribution in [0, 0.1) is 0 Å². The van der Waals surface area contributed by atoms with Crippen LogP contribution in [0.4, 0.5) is 0 Å². The first-order valence-corrected chi connectivity index (χ1v) is 8.04. The maximum atomic E-state index is 12.4. The molecule has 24 heavy (non-hydrogen) atoms. The highest BCUT2D eigenvalue weighted by molar-refractivity contribution is 6.30. The van der Waals surface area contributed by atoms with Gasteiger partial charge in [-0.15, -0.1) is 0 Å². The minimum absolute atomic E-state index is 0.0158. The molecule has 0 spiro atoms. The van der Waals surface area contributed by atoms with Crippen molar-refractivity contribution in [3.05, 3.63) is 69.6 Å². The van der Waals surface area contributed by atoms with Crippen molar-refractivity contribution in [2.45, 2.75) is 19.5 Å². The molecular weight excluding hydrogens is 326 g/mol. The van der Waals surface area contributed by atoms with Gasteiger partial charge in [0.05, 0.1) is 17.1 Å². The fourth-order valence-corrected chi connectivity index (χ4v) is 2.91. The quantitative estimate of drug-likeness (QED) is 0.792. The predicted molar refractivity (Wildman–Crippen MR) is 95.2 cm³/mol. The van der Waals surface area contributed by atoms with Gasteiger partial charge in [0.1, 0.15) is 6.54 Å². The number of rotatable bonds is 4. The highest BCUT2D eigenvalue weighted by atomic mass is 35.5. The zero-order valence-electron chi connectivity index (χ0n) is 13.5. The van der Waals surface area contributed by atoms with Crippen LogP contribution in [0.25, 0.3) is 11.0 Å². The Balaban J connectivity index is 1.79. The van der Waals surface area contributed by atoms with Crippen LogP contribution in [0.15, 0.2) is 53.3 Å². The predicted octanol–water partition coefficient (Wildman–Crippen LogP) is 2.87. The van der Waals surface area contributed by atoms with Gasteiger partial charge in [-0.2, -0.15) is 0 Å². The summed E-state index contributed by atoms with van der Waals surface area (Å²) in [5.41, 5.74) is 2.31. The number of nitrogens with zero attached hydrogens (tertiary/aromatic N) is 2. The molecule has 2 aromatic carbocycles. The van der Waals surface area contributed by atoms with Gasteiger partial charge in [-0.3, -0.25) is 13.9 Å². The molecule has 124 valence electrons. The lowest BCUT2D eigenvalue weighted by atomic mass is 10.1. The van der Waals surface area contributed by atoms with Crippen molar-refractivity contribution in [3.8, 4) is 0 Å². The van der Waals surface area contributed by atoms with E-state index in [4.69, 9.17) is 11.6 Å². The first-order valence-electron chi connectivity index (χ1n) is 7.66. The molecule has 1 aromatic heterocycles. The topological polar surface area (TPSA) is 56.0 Å². The Labute approximate surface area is 144 Å². The van der Waals surface area contributed by atoms with Gasteiger partial charge >= 0.3 is 5.69 Å². The molecule has 0 radical (unpaired) electrons. The summed E-state index contributed by atoms with van der Waals surface area (Å²) < 4.78 is 3.03. The summed E-state index contributed by atoms with van der Waals surface area (Å²) in [6.45, 7) is 1.88. The SMILES string of the molecule is C[C@@H](NC(=O)Cn1c(=O)n(C)c2ccccc21)c1ccc(Cl)cc1. The summed E-state index contributed by atoms with van der Waals surface area (Å²) in [5.74, 6) is -0.212. The third-order valence-electron chi connectivity index (χ3n) is 4.10. The van der Waals surface area contributed by atoms with Crippen molar-refractivity contribution in [3.63, 3.8) is 0 Å². The van der Waals surface area contributed by atoms with Crippen molar-refractivity contribution in [2.24, 2.45) is 7.05 Å². The molecule has 1 amide bonds. The number of aryl methyl sites for hydroxylation is 1. The average molecular weight is 344 g/mol. The molecule has 0 saturated carbocycles. The first kappa shape index (κ1) is 16.3. The summed E-state index contributed by atoms with van der Waals surface area (Å²) in [5, 5.41) is 3.57. The Morgan fingerprint density at radius 3 is 2.42 bits per heavy atom. The first-order chi connectivity index (χ1) is 11.5. The van der Waals surface area contributed by atoms with E-state index in [0.717, 1.165) is 16.6 Å². The van der Waals surface area contributed by atoms with E-state index in [-0.39, 0.29) is 24.2 Å². The number of para-hydroxylation sites is 2. The van der Waals surface area contributed by atoms with Crippen molar-refractivity contribution in [1.82, 2.24) is 14.5 Å². The van der Waals surface area contributed by atoms with Crippen LogP contribution in [-0.2, 0) is 18.4 Å². The van der Waals surface area contributed by atoms with Gasteiger partial charge in [-0.05, 0) is 36.8 Å². The number of carbonyl (C=O) groups excluding carboxylic acids is 1. The van der Waals surface area contributed by atoms with E-state index >= 15 is 0 Å². The van der Waals surface area contributed by atoms with E-state index in [0.29, 0.717) is 5.02 Å². The molecule has 0 saturated heterocycles. The molecule has 1 heterocycles. The molecule has 6 heteroatoms. The number of amides is 1. The van der Waals surface area contributed by atoms with Gasteiger partial charge in [-0.1, -0.05) is 35.9 Å². The maximum Gasteiger partial charge on any atom is 0.329 e. The number of nitrogens with one attached hydrogen (secondary N) is 1. The minimum atomic E-state index is -0.212. The smallest absolute Gasteiger partial charge is 0.329 e. The second-order valence-electron chi connectivity index (χ2n) is 5.76. The van der Waals surface area contributed by atoms with E-state index in [1.165, 1.54) is 4.57 Å². The molecule has 0 aliphatic heterocycles. The zero-order valence-corrected chi connectivity index (χ0v) is 14.2. The molecule has 3 aromatic rings. The van der Waals surface area contributed by atoms with Crippen molar-refractivity contribution >= 4 is 28.5 Å². The van der Waals surface area contributed by atoms with Crippen LogP contribution in [0.2, 0.25) is 5.02 Å². The molecule has 0 fully saturated rings. The van der Waals surface area contributed by atoms with Crippen molar-refractivity contribution < 1.29 is 4.79 Å². The lowest BCUT2D eigenvalue weighted by Crippen LogP contribution is -2.34. The van der Waals surface area contributed by atoms with Crippen LogP contribution in [-0.4, -0.2) is 15.0 Å². The monoisotopic (exact) mass is 343 g/mol. The van der Waals surface area contributed by atoms with Crippen molar-refractivity contribution in [2.75, 3.05) is 0 Å². The minimum Gasteiger partial charge on any atom is -0.348 e. The maximum absolute atomic E-state index is 12.4. The molecule has 1 atom stereocenters. The van der Waals surface area contributed by atoms with Gasteiger partial charge in [0.25, 0.3) is 0 Å². The molecule has 1 N–H and O–H groups in total. The Bertz CT molecular complexity index is 941. The average Bonchev–Trinajstić information content (AvgIpc) is 2.81. The molecule has 0 unspecified atom stereocenters. The normalized spacial score (nSPS) is 12.3. The van der Waals surface area contributed by atoms with Crippen LogP contribution in [0.3, 0.4) is 0 Å². The molecular formula is C18H18ClN3O2. The summed E-state index contributed by atoms with van der Waals surface area (Å²) in [6, 6.07) is 14.6. The molecule has 0 aliphatic carbocycles. The van der Waals surface area contributed by atoms with Crippen LogP contribution in [0.5, 0.6) is 0 Å². The van der Waals surface area contributed by atoms with E-state index < -0.39 is 0 Å². The summed E-state index contributed by atoms with van der Waals surface area (Å²) in [7, 11) is 1.70. The fraction of sp³-hybridized carbons (Fsp3) is 0.222. The number of fused-ring (bicyclic) bond motifs is 1. The number of carbonyl (C=O) groups is 1. The number of imidazole rings is 1. The van der Waals surface area contributed by atoms with Gasteiger partial charge in [0.15, 0.2) is 0 Å². The lowest BCUT2D eigenvalue weighted by Gasteiger charge is -2.14. The lowest BCUT2D eigenvalue weighted by molar-refractivity contribution is -0.122. The van der Waals surface area contributed by atoms with Gasteiger partial charge in [-0.25, -0.2) is 4.79 Å². The van der Waals surface area contributed by atoms with E-state index in [1.807, 2.05) is 43.3 Å². The van der Waals surface area contributed by atoms with Gasteiger partial charge in [0.2, 0.25) is 5.91 Å². The second kappa shape index (κ2) is 6.53. The van der Waals surface area contributed by atoms with E-state index in [1.54, 1.807) is 23.7 Å². The fourth-order valence-electron chi connectivity index (χ4n) is 2.78. The highest BCUT2D eigenvalue weighted by Gasteiger charge is 2.15. The Hall–Kier alpha value is -2.53. The number of benzene rings is 2. The molecule has 0 aliphatic rings. The Morgan fingerprint density at radius 1 is 1.12 bits per heavy atom. The highest BCUT2D eigenvalue weighted by Crippen LogP contribution is 2.16. The Kier molecular flexibility index (Phi) is 4.44. The third kappa shape index (κ3) is 3.08. The molecule has 0 bridgehead atoms. The number of aromatic nitrogens is 2. The zero-order chi connectivity index (χ0) is 17.3. The largest absolute Gasteiger partial charge is 0.348 e. The summed E-state index contributed by atoms with van der Waals surface area (Å²) in [4.78, 5) is 24.7. The van der Waals surface area contributed by atoms with Crippen LogP contribution >= 0.6 is 11.6 Å². The third-order valence-corrected chi connectivity index (χ3v) is 4.35. The van der Waals surface area contributed by atoms with E-state index in [2.05, 4.69) is 5.32 Å². The van der Waals surface area contributed by atoms with Crippen LogP contribution in [0.1, 0.15) is 18.5 Å². The van der Waals surface area contributed by atoms with Crippen molar-refractivity contribution in [1.29, 1.82) is 0 Å². The molecule has 3 rings (SSSR count). The summed E-state index contributed by atoms with van der Waals surface area (Å²) >= 11 is 5.88. The Morgan fingerprint density at radius 2 is 1.75 bits per heavy atom. The molecule has 5 nitrogen and oxygen atoms in total. The van der Waals surface area contributed by atoms with Crippen LogP contribution < -0.4 is 11.0 Å².